The molecule has 0 fully saturated rings. The van der Waals surface area contributed by atoms with Crippen molar-refractivity contribution in [3.8, 4) is 17.2 Å². The van der Waals surface area contributed by atoms with Gasteiger partial charge in [-0.15, -0.1) is 0 Å². The van der Waals surface area contributed by atoms with E-state index in [4.69, 9.17) is 18.9 Å². The molecule has 0 bridgehead atoms. The molecule has 1 heterocycles. The number of ether oxygens (including phenoxy) is 4. The van der Waals surface area contributed by atoms with Gasteiger partial charge in [0, 0.05) is 5.56 Å². The summed E-state index contributed by atoms with van der Waals surface area (Å²) >= 11 is 0. The number of nitrogens with zero attached hydrogens (tertiary/aromatic N) is 1. The topological polar surface area (TPSA) is 83.4 Å². The van der Waals surface area contributed by atoms with Gasteiger partial charge in [0.25, 0.3) is 0 Å². The molecule has 3 aromatic rings. The van der Waals surface area contributed by atoms with E-state index >= 15 is 0 Å². The van der Waals surface area contributed by atoms with Crippen molar-refractivity contribution < 1.29 is 28.5 Å². The third-order valence-electron chi connectivity index (χ3n) is 4.98. The van der Waals surface area contributed by atoms with Crippen molar-refractivity contribution in [3.05, 3.63) is 94.7 Å². The van der Waals surface area contributed by atoms with Gasteiger partial charge in [0.15, 0.2) is 17.2 Å². The van der Waals surface area contributed by atoms with E-state index in [-0.39, 0.29) is 17.3 Å². The van der Waals surface area contributed by atoms with Crippen molar-refractivity contribution in [2.75, 3.05) is 13.7 Å². The number of methoxy groups -OCH3 is 1. The molecule has 0 aromatic heterocycles. The summed E-state index contributed by atoms with van der Waals surface area (Å²) in [6.45, 7) is 4.37. The second-order valence-electron chi connectivity index (χ2n) is 7.46. The van der Waals surface area contributed by atoms with Gasteiger partial charge in [-0.1, -0.05) is 23.8 Å². The Labute approximate surface area is 197 Å². The van der Waals surface area contributed by atoms with Crippen LogP contribution in [0, 0.1) is 6.92 Å². The van der Waals surface area contributed by atoms with Gasteiger partial charge in [0.2, 0.25) is 5.90 Å². The van der Waals surface area contributed by atoms with Crippen molar-refractivity contribution in [2.45, 2.75) is 13.8 Å². The van der Waals surface area contributed by atoms with Crippen LogP contribution >= 0.6 is 0 Å². The number of rotatable bonds is 7. The highest BCUT2D eigenvalue weighted by Crippen LogP contribution is 2.30. The fourth-order valence-electron chi connectivity index (χ4n) is 3.34. The molecular formula is C27H23NO6. The van der Waals surface area contributed by atoms with E-state index in [1.54, 1.807) is 66.7 Å². The summed E-state index contributed by atoms with van der Waals surface area (Å²) in [4.78, 5) is 29.2. The van der Waals surface area contributed by atoms with Gasteiger partial charge < -0.3 is 18.9 Å². The first-order valence-corrected chi connectivity index (χ1v) is 10.7. The number of hydrogen-bond acceptors (Lipinski definition) is 7. The molecule has 4 rings (SSSR count). The molecular weight excluding hydrogens is 434 g/mol. The Morgan fingerprint density at radius 3 is 2.53 bits per heavy atom. The average molecular weight is 457 g/mol. The van der Waals surface area contributed by atoms with E-state index in [9.17, 15) is 9.59 Å². The Bertz CT molecular complexity index is 1290. The lowest BCUT2D eigenvalue weighted by atomic mass is 10.1. The van der Waals surface area contributed by atoms with Crippen LogP contribution in [-0.2, 0) is 9.53 Å². The number of cyclic esters (lactones) is 1. The van der Waals surface area contributed by atoms with Crippen molar-refractivity contribution >= 4 is 23.9 Å². The van der Waals surface area contributed by atoms with Crippen LogP contribution in [0.2, 0.25) is 0 Å². The zero-order chi connectivity index (χ0) is 24.1. The molecule has 0 saturated heterocycles. The van der Waals surface area contributed by atoms with Gasteiger partial charge in [0.05, 0.1) is 19.3 Å². The minimum absolute atomic E-state index is 0.149. The maximum absolute atomic E-state index is 12.5. The van der Waals surface area contributed by atoms with Crippen LogP contribution in [0.4, 0.5) is 0 Å². The molecule has 172 valence electrons. The van der Waals surface area contributed by atoms with Crippen LogP contribution in [0.5, 0.6) is 17.2 Å². The molecule has 3 aromatic carbocycles. The monoisotopic (exact) mass is 457 g/mol. The van der Waals surface area contributed by atoms with Gasteiger partial charge in [0.1, 0.15) is 5.75 Å². The Balaban J connectivity index is 1.54. The van der Waals surface area contributed by atoms with Crippen molar-refractivity contribution in [3.63, 3.8) is 0 Å². The summed E-state index contributed by atoms with van der Waals surface area (Å²) in [5.41, 5.74) is 2.84. The van der Waals surface area contributed by atoms with Gasteiger partial charge >= 0.3 is 11.9 Å². The zero-order valence-corrected chi connectivity index (χ0v) is 19.0. The molecule has 0 N–H and O–H groups in total. The third kappa shape index (κ3) is 5.15. The maximum Gasteiger partial charge on any atom is 0.363 e. The highest BCUT2D eigenvalue weighted by Gasteiger charge is 2.24. The predicted octanol–water partition coefficient (Wildman–Crippen LogP) is 4.97. The van der Waals surface area contributed by atoms with Crippen LogP contribution in [0.25, 0.3) is 6.08 Å². The van der Waals surface area contributed by atoms with Gasteiger partial charge in [-0.05, 0) is 74.0 Å². The summed E-state index contributed by atoms with van der Waals surface area (Å²) in [5.74, 6) is 0.508. The molecule has 0 unspecified atom stereocenters. The molecule has 0 amide bonds. The molecule has 7 nitrogen and oxygen atoms in total. The average Bonchev–Trinajstić information content (AvgIpc) is 3.20. The van der Waals surface area contributed by atoms with E-state index in [1.165, 1.54) is 7.11 Å². The number of aliphatic imine (C=N–C) groups is 1. The first-order chi connectivity index (χ1) is 16.5. The molecule has 1 aliphatic rings. The minimum Gasteiger partial charge on any atom is -0.494 e. The number of carbonyl (C=O) groups excluding carboxylic acids is 2. The van der Waals surface area contributed by atoms with Crippen molar-refractivity contribution in [2.24, 2.45) is 4.99 Å². The summed E-state index contributed by atoms with van der Waals surface area (Å²) in [7, 11) is 1.47. The first kappa shape index (κ1) is 22.8. The number of benzene rings is 3. The smallest absolute Gasteiger partial charge is 0.363 e. The fourth-order valence-corrected chi connectivity index (χ4v) is 3.34. The van der Waals surface area contributed by atoms with E-state index in [1.807, 2.05) is 19.9 Å². The highest BCUT2D eigenvalue weighted by molar-refractivity contribution is 6.12. The summed E-state index contributed by atoms with van der Waals surface area (Å²) < 4.78 is 21.7. The second-order valence-corrected chi connectivity index (χ2v) is 7.46. The molecule has 7 heteroatoms. The summed E-state index contributed by atoms with van der Waals surface area (Å²) in [6, 6.07) is 19.2. The van der Waals surface area contributed by atoms with E-state index in [2.05, 4.69) is 4.99 Å². The summed E-state index contributed by atoms with van der Waals surface area (Å²) in [6.07, 6.45) is 1.58. The Morgan fingerprint density at radius 1 is 1.03 bits per heavy atom. The standard InChI is InChI=1S/C27H23NO6/c1-4-32-21-11-9-19(10-12-21)25-28-22(27(30)34-25)15-18-8-13-23(24(16-18)31-3)33-26(29)20-7-5-6-17(2)14-20/h5-16H,4H2,1-3H3/b22-15-. The Hall–Kier alpha value is -4.39. The highest BCUT2D eigenvalue weighted by atomic mass is 16.6. The molecule has 0 atom stereocenters. The molecule has 34 heavy (non-hydrogen) atoms. The van der Waals surface area contributed by atoms with Gasteiger partial charge in [-0.3, -0.25) is 0 Å². The maximum atomic E-state index is 12.5. The zero-order valence-electron chi connectivity index (χ0n) is 19.0. The number of esters is 2. The quantitative estimate of drug-likeness (QED) is 0.283. The largest absolute Gasteiger partial charge is 0.494 e. The number of carbonyl (C=O) groups is 2. The first-order valence-electron chi connectivity index (χ1n) is 10.7. The van der Waals surface area contributed by atoms with Crippen LogP contribution in [-0.4, -0.2) is 31.6 Å². The van der Waals surface area contributed by atoms with Crippen molar-refractivity contribution in [1.29, 1.82) is 0 Å². The molecule has 0 saturated carbocycles. The Morgan fingerprint density at radius 2 is 1.82 bits per heavy atom. The van der Waals surface area contributed by atoms with Gasteiger partial charge in [-0.2, -0.15) is 0 Å². The fraction of sp³-hybridized carbons (Fsp3) is 0.148. The molecule has 0 aliphatic carbocycles. The SMILES string of the molecule is CCOc1ccc(C2=N/C(=C\c3ccc(OC(=O)c4cccc(C)c4)c(OC)c3)C(=O)O2)cc1. The second kappa shape index (κ2) is 10.0. The van der Waals surface area contributed by atoms with Crippen LogP contribution in [0.15, 0.2) is 77.4 Å². The normalized spacial score (nSPS) is 13.9. The van der Waals surface area contributed by atoms with Gasteiger partial charge in [-0.25, -0.2) is 14.6 Å². The lowest BCUT2D eigenvalue weighted by molar-refractivity contribution is -0.129. The van der Waals surface area contributed by atoms with Crippen molar-refractivity contribution in [1.82, 2.24) is 0 Å². The molecule has 1 aliphatic heterocycles. The Kier molecular flexibility index (Phi) is 6.73. The van der Waals surface area contributed by atoms with E-state index in [0.717, 1.165) is 11.3 Å². The lowest BCUT2D eigenvalue weighted by Gasteiger charge is -2.10. The minimum atomic E-state index is -0.558. The van der Waals surface area contributed by atoms with E-state index in [0.29, 0.717) is 29.0 Å². The number of aryl methyl sites for hydroxylation is 1. The molecule has 0 radical (unpaired) electrons. The lowest BCUT2D eigenvalue weighted by Crippen LogP contribution is -2.09. The third-order valence-corrected chi connectivity index (χ3v) is 4.98. The molecule has 0 spiro atoms. The van der Waals surface area contributed by atoms with E-state index < -0.39 is 11.9 Å². The van der Waals surface area contributed by atoms with Crippen LogP contribution < -0.4 is 14.2 Å². The van der Waals surface area contributed by atoms with Crippen LogP contribution in [0.3, 0.4) is 0 Å². The number of hydrogen-bond donors (Lipinski definition) is 0. The predicted molar refractivity (Wildman–Crippen MR) is 127 cm³/mol. The summed E-state index contributed by atoms with van der Waals surface area (Å²) in [5, 5.41) is 0. The van der Waals surface area contributed by atoms with Crippen LogP contribution in [0.1, 0.15) is 34.0 Å².